The highest BCUT2D eigenvalue weighted by Gasteiger charge is 2.34. The molecule has 0 saturated carbocycles. The third-order valence-corrected chi connectivity index (χ3v) is 2.58. The molecule has 0 radical (unpaired) electrons. The first-order valence-corrected chi connectivity index (χ1v) is 5.64. The quantitative estimate of drug-likeness (QED) is 0.913. The van der Waals surface area contributed by atoms with E-state index in [4.69, 9.17) is 10.5 Å². The lowest BCUT2D eigenvalue weighted by Crippen LogP contribution is -2.06. The Morgan fingerprint density at radius 3 is 2.16 bits per heavy atom. The van der Waals surface area contributed by atoms with E-state index < -0.39 is 11.7 Å². The van der Waals surface area contributed by atoms with Crippen LogP contribution in [0.25, 0.3) is 0 Å². The molecule has 5 heteroatoms. The van der Waals surface area contributed by atoms with Crippen LogP contribution in [0.3, 0.4) is 0 Å². The Labute approximate surface area is 108 Å². The van der Waals surface area contributed by atoms with Gasteiger partial charge in [0.2, 0.25) is 0 Å². The molecule has 0 unspecified atom stereocenters. The molecular formula is C14H12F3NO. The molecule has 0 aliphatic rings. The van der Waals surface area contributed by atoms with E-state index in [1.165, 1.54) is 18.2 Å². The van der Waals surface area contributed by atoms with Crippen molar-refractivity contribution in [3.63, 3.8) is 0 Å². The minimum atomic E-state index is -4.44. The Kier molecular flexibility index (Phi) is 3.76. The molecule has 0 atom stereocenters. The smallest absolute Gasteiger partial charge is 0.419 e. The van der Waals surface area contributed by atoms with Crippen LogP contribution in [0.2, 0.25) is 0 Å². The summed E-state index contributed by atoms with van der Waals surface area (Å²) in [5.41, 5.74) is 5.54. The number of rotatable bonds is 3. The van der Waals surface area contributed by atoms with Gasteiger partial charge in [-0.25, -0.2) is 0 Å². The van der Waals surface area contributed by atoms with Gasteiger partial charge < -0.3 is 10.5 Å². The number of hydrogen-bond acceptors (Lipinski definition) is 2. The number of nitrogens with two attached hydrogens (primary N) is 1. The van der Waals surface area contributed by atoms with Crippen molar-refractivity contribution in [1.82, 2.24) is 0 Å². The van der Waals surface area contributed by atoms with Crippen molar-refractivity contribution >= 4 is 0 Å². The molecule has 2 nitrogen and oxygen atoms in total. The summed E-state index contributed by atoms with van der Waals surface area (Å²) < 4.78 is 43.6. The lowest BCUT2D eigenvalue weighted by molar-refractivity contribution is -0.138. The van der Waals surface area contributed by atoms with Crippen LogP contribution in [0.4, 0.5) is 13.2 Å². The van der Waals surface area contributed by atoms with Gasteiger partial charge in [0.15, 0.2) is 0 Å². The highest BCUT2D eigenvalue weighted by Crippen LogP contribution is 2.37. The van der Waals surface area contributed by atoms with Crippen LogP contribution >= 0.6 is 0 Å². The molecular weight excluding hydrogens is 255 g/mol. The SMILES string of the molecule is NCc1ccc(Oc2ccccc2C(F)(F)F)cc1. The van der Waals surface area contributed by atoms with Crippen LogP contribution in [0.5, 0.6) is 11.5 Å². The van der Waals surface area contributed by atoms with E-state index >= 15 is 0 Å². The van der Waals surface area contributed by atoms with Crippen molar-refractivity contribution in [3.05, 3.63) is 59.7 Å². The molecule has 2 aromatic carbocycles. The lowest BCUT2D eigenvalue weighted by Gasteiger charge is -2.13. The largest absolute Gasteiger partial charge is 0.457 e. The Bertz CT molecular complexity index is 549. The van der Waals surface area contributed by atoms with Crippen molar-refractivity contribution in [2.24, 2.45) is 5.73 Å². The number of hydrogen-bond donors (Lipinski definition) is 1. The van der Waals surface area contributed by atoms with Crippen molar-refractivity contribution in [1.29, 1.82) is 0 Å². The van der Waals surface area contributed by atoms with Crippen molar-refractivity contribution < 1.29 is 17.9 Å². The Balaban J connectivity index is 2.28. The lowest BCUT2D eigenvalue weighted by atomic mass is 10.2. The first-order valence-electron chi connectivity index (χ1n) is 5.64. The first-order chi connectivity index (χ1) is 9.00. The molecule has 0 fully saturated rings. The molecule has 0 aliphatic carbocycles. The minimum absolute atomic E-state index is 0.213. The number of alkyl halides is 3. The van der Waals surface area contributed by atoms with Crippen molar-refractivity contribution in [2.45, 2.75) is 12.7 Å². The van der Waals surface area contributed by atoms with Gasteiger partial charge in [0, 0.05) is 6.54 Å². The van der Waals surface area contributed by atoms with E-state index in [1.807, 2.05) is 0 Å². The molecule has 0 amide bonds. The average molecular weight is 267 g/mol. The van der Waals surface area contributed by atoms with E-state index in [9.17, 15) is 13.2 Å². The summed E-state index contributed by atoms with van der Waals surface area (Å²) in [4.78, 5) is 0. The molecule has 19 heavy (non-hydrogen) atoms. The Hall–Kier alpha value is -2.01. The zero-order chi connectivity index (χ0) is 13.9. The summed E-state index contributed by atoms with van der Waals surface area (Å²) >= 11 is 0. The predicted molar refractivity (Wildman–Crippen MR) is 65.9 cm³/mol. The Morgan fingerprint density at radius 2 is 1.58 bits per heavy atom. The number of para-hydroxylation sites is 1. The molecule has 0 aromatic heterocycles. The summed E-state index contributed by atoms with van der Waals surface area (Å²) in [6.07, 6.45) is -4.44. The monoisotopic (exact) mass is 267 g/mol. The average Bonchev–Trinajstić information content (AvgIpc) is 2.39. The van der Waals surface area contributed by atoms with Gasteiger partial charge >= 0.3 is 6.18 Å². The standard InChI is InChI=1S/C14H12F3NO/c15-14(16,17)12-3-1-2-4-13(12)19-11-7-5-10(9-18)6-8-11/h1-8H,9,18H2. The predicted octanol–water partition coefficient (Wildman–Crippen LogP) is 3.96. The van der Waals surface area contributed by atoms with Gasteiger partial charge in [-0.1, -0.05) is 24.3 Å². The van der Waals surface area contributed by atoms with Gasteiger partial charge in [-0.05, 0) is 29.8 Å². The number of ether oxygens (including phenoxy) is 1. The van der Waals surface area contributed by atoms with E-state index in [-0.39, 0.29) is 5.75 Å². The van der Waals surface area contributed by atoms with Crippen LogP contribution in [0.15, 0.2) is 48.5 Å². The number of halogens is 3. The zero-order valence-electron chi connectivity index (χ0n) is 9.95. The normalized spacial score (nSPS) is 11.4. The molecule has 0 heterocycles. The summed E-state index contributed by atoms with van der Waals surface area (Å²) in [7, 11) is 0. The van der Waals surface area contributed by atoms with Gasteiger partial charge in [0.05, 0.1) is 5.56 Å². The van der Waals surface area contributed by atoms with E-state index in [0.717, 1.165) is 11.6 Å². The van der Waals surface area contributed by atoms with Gasteiger partial charge in [-0.2, -0.15) is 13.2 Å². The molecule has 0 aliphatic heterocycles. The van der Waals surface area contributed by atoms with E-state index in [1.54, 1.807) is 24.3 Å². The van der Waals surface area contributed by atoms with Gasteiger partial charge in [-0.15, -0.1) is 0 Å². The van der Waals surface area contributed by atoms with Crippen LogP contribution in [0.1, 0.15) is 11.1 Å². The molecule has 0 saturated heterocycles. The summed E-state index contributed by atoms with van der Waals surface area (Å²) in [5, 5.41) is 0. The van der Waals surface area contributed by atoms with Crippen LogP contribution in [-0.2, 0) is 12.7 Å². The van der Waals surface area contributed by atoms with Crippen LogP contribution in [0, 0.1) is 0 Å². The highest BCUT2D eigenvalue weighted by atomic mass is 19.4. The maximum Gasteiger partial charge on any atom is 0.419 e. The maximum atomic E-state index is 12.8. The summed E-state index contributed by atoms with van der Waals surface area (Å²) in [6, 6.07) is 11.7. The van der Waals surface area contributed by atoms with Crippen molar-refractivity contribution in [3.8, 4) is 11.5 Å². The van der Waals surface area contributed by atoms with E-state index in [2.05, 4.69) is 0 Å². The molecule has 0 spiro atoms. The molecule has 2 N–H and O–H groups in total. The topological polar surface area (TPSA) is 35.2 Å². The van der Waals surface area contributed by atoms with Gasteiger partial charge in [0.1, 0.15) is 11.5 Å². The number of benzene rings is 2. The molecule has 0 bridgehead atoms. The second-order valence-electron chi connectivity index (χ2n) is 3.94. The van der Waals surface area contributed by atoms with Crippen LogP contribution < -0.4 is 10.5 Å². The van der Waals surface area contributed by atoms with Crippen molar-refractivity contribution in [2.75, 3.05) is 0 Å². The second kappa shape index (κ2) is 5.32. The summed E-state index contributed by atoms with van der Waals surface area (Å²) in [5.74, 6) is 0.129. The molecule has 100 valence electrons. The second-order valence-corrected chi connectivity index (χ2v) is 3.94. The Morgan fingerprint density at radius 1 is 0.947 bits per heavy atom. The first kappa shape index (κ1) is 13.4. The van der Waals surface area contributed by atoms with Gasteiger partial charge in [0.25, 0.3) is 0 Å². The zero-order valence-corrected chi connectivity index (χ0v) is 9.95. The summed E-state index contributed by atoms with van der Waals surface area (Å²) in [6.45, 7) is 0.374. The highest BCUT2D eigenvalue weighted by molar-refractivity contribution is 5.40. The maximum absolute atomic E-state index is 12.8. The fraction of sp³-hybridized carbons (Fsp3) is 0.143. The van der Waals surface area contributed by atoms with E-state index in [0.29, 0.717) is 12.3 Å². The van der Waals surface area contributed by atoms with Gasteiger partial charge in [-0.3, -0.25) is 0 Å². The fourth-order valence-electron chi connectivity index (χ4n) is 1.61. The minimum Gasteiger partial charge on any atom is -0.457 e. The fourth-order valence-corrected chi connectivity index (χ4v) is 1.61. The molecule has 2 aromatic rings. The third kappa shape index (κ3) is 3.26. The van der Waals surface area contributed by atoms with Crippen LogP contribution in [-0.4, -0.2) is 0 Å². The third-order valence-electron chi connectivity index (χ3n) is 2.58. The molecule has 2 rings (SSSR count).